The highest BCUT2D eigenvalue weighted by Crippen LogP contribution is 2.42. The molecule has 6 nitrogen and oxygen atoms in total. The molecule has 1 N–H and O–H groups in total. The van der Waals surface area contributed by atoms with E-state index in [9.17, 15) is 14.4 Å². The highest BCUT2D eigenvalue weighted by atomic mass is 32.2. The SMILES string of the molecule is C=CCOC(=O)C1SCCC(=O)C1[C@H]1NC(=O)[C@@H]1[C@@H](C)O[Si](C)(C)C(C)(C)C. The first-order valence-electron chi connectivity index (χ1n) is 9.80. The summed E-state index contributed by atoms with van der Waals surface area (Å²) in [6.45, 7) is 16.3. The monoisotopic (exact) mass is 427 g/mol. The first kappa shape index (κ1) is 23.2. The number of ether oxygens (including phenoxy) is 1. The molecule has 158 valence electrons. The minimum atomic E-state index is -2.07. The summed E-state index contributed by atoms with van der Waals surface area (Å²) in [5.74, 6) is -0.946. The van der Waals surface area contributed by atoms with Crippen LogP contribution < -0.4 is 5.32 Å². The first-order chi connectivity index (χ1) is 12.9. The molecular formula is C20H33NO5SSi. The number of thioether (sulfide) groups is 1. The molecule has 2 saturated heterocycles. The summed E-state index contributed by atoms with van der Waals surface area (Å²) in [5, 5.41) is 2.29. The highest BCUT2D eigenvalue weighted by molar-refractivity contribution is 8.00. The van der Waals surface area contributed by atoms with Gasteiger partial charge in [0.25, 0.3) is 0 Å². The molecule has 0 aliphatic carbocycles. The number of esters is 1. The van der Waals surface area contributed by atoms with Gasteiger partial charge in [0.15, 0.2) is 8.32 Å². The zero-order valence-electron chi connectivity index (χ0n) is 17.7. The molecule has 2 unspecified atom stereocenters. The molecule has 0 aromatic carbocycles. The molecular weight excluding hydrogens is 394 g/mol. The highest BCUT2D eigenvalue weighted by Gasteiger charge is 2.55. The van der Waals surface area contributed by atoms with Crippen LogP contribution in [0.5, 0.6) is 0 Å². The third-order valence-corrected chi connectivity index (χ3v) is 12.0. The number of hydrogen-bond donors (Lipinski definition) is 1. The molecule has 0 aromatic heterocycles. The molecule has 0 radical (unpaired) electrons. The molecule has 28 heavy (non-hydrogen) atoms. The van der Waals surface area contributed by atoms with Gasteiger partial charge in [-0.25, -0.2) is 0 Å². The molecule has 2 fully saturated rings. The third kappa shape index (κ3) is 4.71. The van der Waals surface area contributed by atoms with Crippen LogP contribution in [0.3, 0.4) is 0 Å². The van der Waals surface area contributed by atoms with Gasteiger partial charge in [-0.1, -0.05) is 33.4 Å². The van der Waals surface area contributed by atoms with E-state index in [1.54, 1.807) is 0 Å². The minimum Gasteiger partial charge on any atom is -0.461 e. The van der Waals surface area contributed by atoms with E-state index in [1.807, 2.05) is 6.92 Å². The number of carbonyl (C=O) groups excluding carboxylic acids is 3. The zero-order chi connectivity index (χ0) is 21.3. The van der Waals surface area contributed by atoms with Gasteiger partial charge in [0.1, 0.15) is 17.6 Å². The van der Waals surface area contributed by atoms with Gasteiger partial charge in [-0.3, -0.25) is 14.4 Å². The number of hydrogen-bond acceptors (Lipinski definition) is 6. The Kier molecular flexibility index (Phi) is 7.20. The van der Waals surface area contributed by atoms with Crippen molar-refractivity contribution in [2.45, 2.75) is 69.6 Å². The summed E-state index contributed by atoms with van der Waals surface area (Å²) >= 11 is 1.43. The van der Waals surface area contributed by atoms with E-state index in [0.717, 1.165) is 0 Å². The molecule has 2 rings (SSSR count). The van der Waals surface area contributed by atoms with Gasteiger partial charge in [-0.15, -0.1) is 11.8 Å². The van der Waals surface area contributed by atoms with Crippen LogP contribution >= 0.6 is 11.8 Å². The Morgan fingerprint density at radius 1 is 1.39 bits per heavy atom. The maximum absolute atomic E-state index is 12.7. The molecule has 0 spiro atoms. The molecule has 0 bridgehead atoms. The van der Waals surface area contributed by atoms with Gasteiger partial charge in [-0.05, 0) is 25.1 Å². The van der Waals surface area contributed by atoms with Crippen LogP contribution in [0, 0.1) is 11.8 Å². The fourth-order valence-electron chi connectivity index (χ4n) is 3.50. The zero-order valence-corrected chi connectivity index (χ0v) is 19.6. The average Bonchev–Trinajstić information content (AvgIpc) is 2.56. The summed E-state index contributed by atoms with van der Waals surface area (Å²) in [6, 6.07) is -0.395. The van der Waals surface area contributed by atoms with Crippen molar-refractivity contribution in [3.8, 4) is 0 Å². The van der Waals surface area contributed by atoms with Crippen molar-refractivity contribution in [3.05, 3.63) is 12.7 Å². The molecule has 2 heterocycles. The van der Waals surface area contributed by atoms with E-state index in [1.165, 1.54) is 17.8 Å². The molecule has 0 saturated carbocycles. The number of Topliss-reactive ketones (excluding diaryl/α,β-unsaturated/α-hetero) is 1. The molecule has 5 atom stereocenters. The smallest absolute Gasteiger partial charge is 0.320 e. The lowest BCUT2D eigenvalue weighted by molar-refractivity contribution is -0.151. The van der Waals surface area contributed by atoms with Crippen molar-refractivity contribution in [1.82, 2.24) is 5.32 Å². The van der Waals surface area contributed by atoms with E-state index < -0.39 is 37.4 Å². The van der Waals surface area contributed by atoms with Crippen molar-refractivity contribution in [1.29, 1.82) is 0 Å². The van der Waals surface area contributed by atoms with Crippen molar-refractivity contribution < 1.29 is 23.5 Å². The summed E-state index contributed by atoms with van der Waals surface area (Å²) in [7, 11) is -2.07. The van der Waals surface area contributed by atoms with Gasteiger partial charge in [-0.2, -0.15) is 0 Å². The lowest BCUT2D eigenvalue weighted by Gasteiger charge is -2.49. The number of β-lactam (4-membered cyclic amide) rings is 1. The van der Waals surface area contributed by atoms with E-state index in [2.05, 4.69) is 45.8 Å². The van der Waals surface area contributed by atoms with E-state index in [0.29, 0.717) is 12.2 Å². The molecule has 2 aliphatic rings. The Morgan fingerprint density at radius 2 is 2.04 bits per heavy atom. The summed E-state index contributed by atoms with van der Waals surface area (Å²) in [6.07, 6.45) is 1.59. The Labute approximate surface area is 173 Å². The summed E-state index contributed by atoms with van der Waals surface area (Å²) < 4.78 is 11.6. The number of carbonyl (C=O) groups is 3. The average molecular weight is 428 g/mol. The van der Waals surface area contributed by atoms with Crippen LogP contribution in [0.15, 0.2) is 12.7 Å². The van der Waals surface area contributed by atoms with Crippen LogP contribution in [0.2, 0.25) is 18.1 Å². The van der Waals surface area contributed by atoms with Gasteiger partial charge in [0.2, 0.25) is 5.91 Å². The maximum Gasteiger partial charge on any atom is 0.320 e. The Hall–Kier alpha value is -1.12. The maximum atomic E-state index is 12.7. The van der Waals surface area contributed by atoms with Crippen LogP contribution in [0.1, 0.15) is 34.1 Å². The van der Waals surface area contributed by atoms with Gasteiger partial charge in [0, 0.05) is 12.2 Å². The lowest BCUT2D eigenvalue weighted by atomic mass is 9.74. The van der Waals surface area contributed by atoms with Crippen molar-refractivity contribution >= 4 is 37.7 Å². The Balaban J connectivity index is 2.19. The third-order valence-electron chi connectivity index (χ3n) is 6.10. The van der Waals surface area contributed by atoms with Crippen LogP contribution in [-0.2, 0) is 23.5 Å². The van der Waals surface area contributed by atoms with Crippen LogP contribution in [-0.4, -0.2) is 55.7 Å². The van der Waals surface area contributed by atoms with Crippen molar-refractivity contribution in [3.63, 3.8) is 0 Å². The second-order valence-electron chi connectivity index (χ2n) is 9.10. The normalized spacial score (nSPS) is 29.5. The number of amides is 1. The van der Waals surface area contributed by atoms with Gasteiger partial charge in [0.05, 0.1) is 24.0 Å². The second kappa shape index (κ2) is 8.71. The van der Waals surface area contributed by atoms with Crippen molar-refractivity contribution in [2.75, 3.05) is 12.4 Å². The molecule has 2 aliphatic heterocycles. The standard InChI is InChI=1S/C20H33NO5SSi/c1-8-10-25-19(24)17-15(13(22)9-11-27-17)16-14(18(23)21-16)12(2)26-28(6,7)20(3,4)5/h8,12,14-17H,1,9-11H2,2-7H3,(H,21,23)/t12-,14-,15?,16+,17?/m1/s1. The van der Waals surface area contributed by atoms with E-state index in [-0.39, 0.29) is 29.4 Å². The van der Waals surface area contributed by atoms with Crippen LogP contribution in [0.25, 0.3) is 0 Å². The predicted molar refractivity (Wildman–Crippen MR) is 114 cm³/mol. The topological polar surface area (TPSA) is 81.7 Å². The van der Waals surface area contributed by atoms with Gasteiger partial charge < -0.3 is 14.5 Å². The Bertz CT molecular complexity index is 645. The fraction of sp³-hybridized carbons (Fsp3) is 0.750. The molecule has 1 amide bonds. The van der Waals surface area contributed by atoms with E-state index in [4.69, 9.17) is 9.16 Å². The largest absolute Gasteiger partial charge is 0.461 e. The fourth-order valence-corrected chi connectivity index (χ4v) is 6.24. The van der Waals surface area contributed by atoms with Crippen molar-refractivity contribution in [2.24, 2.45) is 11.8 Å². The van der Waals surface area contributed by atoms with Crippen LogP contribution in [0.4, 0.5) is 0 Å². The number of rotatable bonds is 7. The number of ketones is 1. The lowest BCUT2D eigenvalue weighted by Crippen LogP contribution is -2.69. The summed E-state index contributed by atoms with van der Waals surface area (Å²) in [5.41, 5.74) is 0. The predicted octanol–water partition coefficient (Wildman–Crippen LogP) is 2.93. The number of nitrogens with one attached hydrogen (secondary N) is 1. The van der Waals surface area contributed by atoms with Gasteiger partial charge >= 0.3 is 5.97 Å². The quantitative estimate of drug-likeness (QED) is 0.291. The van der Waals surface area contributed by atoms with E-state index >= 15 is 0 Å². The molecule has 8 heteroatoms. The summed E-state index contributed by atoms with van der Waals surface area (Å²) in [4.78, 5) is 37.6. The second-order valence-corrected chi connectivity index (χ2v) is 15.1. The first-order valence-corrected chi connectivity index (χ1v) is 13.8. The minimum absolute atomic E-state index is 0.00818. The molecule has 0 aromatic rings. The Morgan fingerprint density at radius 3 is 2.57 bits per heavy atom.